The molecule has 1 aliphatic heterocycles. The van der Waals surface area contributed by atoms with Gasteiger partial charge in [0.05, 0.1) is 60.0 Å². The number of epoxide rings is 1. The Labute approximate surface area is 331 Å². The van der Waals surface area contributed by atoms with Crippen molar-refractivity contribution in [3.8, 4) is 17.2 Å². The largest absolute Gasteiger partial charge is 0.496 e. The number of esters is 1. The summed E-state index contributed by atoms with van der Waals surface area (Å²) in [6, 6.07) is 27.5. The maximum Gasteiger partial charge on any atom is 0.357 e. The Hall–Kier alpha value is -3.58. The van der Waals surface area contributed by atoms with Crippen molar-refractivity contribution in [2.45, 2.75) is 37.4 Å². The molecule has 5 unspecified atom stereocenters. The topological polar surface area (TPSA) is 164 Å². The van der Waals surface area contributed by atoms with Gasteiger partial charge in [0.15, 0.2) is 13.7 Å². The zero-order chi connectivity index (χ0) is 38.8. The van der Waals surface area contributed by atoms with E-state index in [4.69, 9.17) is 42.6 Å². The molecular formula is C41H50IO13+. The van der Waals surface area contributed by atoms with Crippen LogP contribution in [0.4, 0.5) is 0 Å². The van der Waals surface area contributed by atoms with E-state index < -0.39 is 30.4 Å². The number of carbonyl (C=O) groups is 1. The third-order valence-corrected chi connectivity index (χ3v) is 10.8. The first-order valence-electron chi connectivity index (χ1n) is 18.0. The van der Waals surface area contributed by atoms with E-state index in [1.807, 2.05) is 60.7 Å². The summed E-state index contributed by atoms with van der Waals surface area (Å²) in [5.41, 5.74) is 1.23. The summed E-state index contributed by atoms with van der Waals surface area (Å²) in [6.07, 6.45) is -3.39. The molecule has 5 rings (SSSR count). The van der Waals surface area contributed by atoms with Gasteiger partial charge in [0.25, 0.3) is 0 Å². The van der Waals surface area contributed by atoms with Gasteiger partial charge in [-0.2, -0.15) is 0 Å². The molecule has 298 valence electrons. The van der Waals surface area contributed by atoms with E-state index in [0.29, 0.717) is 24.7 Å². The Kier molecular flexibility index (Phi) is 17.7. The van der Waals surface area contributed by atoms with Crippen molar-refractivity contribution >= 4 is 16.7 Å². The lowest BCUT2D eigenvalue weighted by atomic mass is 10.1. The van der Waals surface area contributed by atoms with E-state index in [2.05, 4.69) is 31.2 Å². The van der Waals surface area contributed by atoms with Crippen LogP contribution in [0.1, 0.15) is 5.56 Å². The summed E-state index contributed by atoms with van der Waals surface area (Å²) in [5.74, 6) is 1.30. The molecule has 4 aromatic carbocycles. The number of ether oxygens (including phenoxy) is 9. The first-order valence-corrected chi connectivity index (χ1v) is 20.2. The van der Waals surface area contributed by atoms with Gasteiger partial charge in [-0.3, -0.25) is 0 Å². The minimum absolute atomic E-state index is 0.0130. The molecule has 14 heteroatoms. The number of methoxy groups -OCH3 is 1. The summed E-state index contributed by atoms with van der Waals surface area (Å²) in [6.45, 7) is 2.48. The second-order valence-electron chi connectivity index (χ2n) is 12.9. The maximum absolute atomic E-state index is 12.1. The minimum Gasteiger partial charge on any atom is -0.496 e. The minimum atomic E-state index is -1.09. The summed E-state index contributed by atoms with van der Waals surface area (Å²) in [7, 11) is 1.62. The number of hydrogen-bond acceptors (Lipinski definition) is 13. The fourth-order valence-corrected chi connectivity index (χ4v) is 7.29. The van der Waals surface area contributed by atoms with Crippen molar-refractivity contribution in [2.24, 2.45) is 0 Å². The number of halogens is 1. The molecule has 1 aliphatic rings. The zero-order valence-corrected chi connectivity index (χ0v) is 33.2. The molecule has 0 aromatic heterocycles. The molecule has 0 bridgehead atoms. The monoisotopic (exact) mass is 877 g/mol. The molecule has 0 spiro atoms. The summed E-state index contributed by atoms with van der Waals surface area (Å²) < 4.78 is 52.4. The molecule has 5 atom stereocenters. The van der Waals surface area contributed by atoms with Crippen LogP contribution in [0.2, 0.25) is 0 Å². The first-order chi connectivity index (χ1) is 26.7. The summed E-state index contributed by atoms with van der Waals surface area (Å²) in [5, 5.41) is 32.8. The van der Waals surface area contributed by atoms with Gasteiger partial charge in [0.2, 0.25) is 0 Å². The standard InChI is InChI=1S/C41H50IO13/c1-28-7-9-29(10-8-28)42-30-11-13-34(14-12-30)53-27-41(46)55-22-33(45)19-48-17-31(43)18-49-23-35(51-25-36-26-52-36)24-50-20-32(44)21-54-40-16-15-39(47-2)37-5-3-4-6-38(37)40/h3-16,31-33,35-36,43-45H,17-27H2,1-2H3/q+1. The van der Waals surface area contributed by atoms with Crippen LogP contribution in [0.3, 0.4) is 0 Å². The Morgan fingerprint density at radius 3 is 1.87 bits per heavy atom. The molecular weight excluding hydrogens is 827 g/mol. The molecule has 0 amide bonds. The lowest BCUT2D eigenvalue weighted by Crippen LogP contribution is -3.61. The fraction of sp³-hybridized carbons (Fsp3) is 0.439. The van der Waals surface area contributed by atoms with Crippen LogP contribution in [0, 0.1) is 14.1 Å². The Bertz CT molecular complexity index is 1720. The number of fused-ring (bicyclic) bond motifs is 1. The third-order valence-electron chi connectivity index (χ3n) is 8.10. The Morgan fingerprint density at radius 1 is 0.709 bits per heavy atom. The van der Waals surface area contributed by atoms with Gasteiger partial charge >= 0.3 is 27.2 Å². The van der Waals surface area contributed by atoms with Crippen molar-refractivity contribution < 1.29 is 84.0 Å². The third kappa shape index (κ3) is 15.5. The van der Waals surface area contributed by atoms with Crippen molar-refractivity contribution in [1.29, 1.82) is 0 Å². The molecule has 0 aliphatic carbocycles. The highest BCUT2D eigenvalue weighted by Crippen LogP contribution is 2.33. The van der Waals surface area contributed by atoms with E-state index in [0.717, 1.165) is 16.5 Å². The summed E-state index contributed by atoms with van der Waals surface area (Å²) in [4.78, 5) is 12.1. The molecule has 1 heterocycles. The number of aliphatic hydroxyl groups is 3. The van der Waals surface area contributed by atoms with Gasteiger partial charge in [-0.25, -0.2) is 4.79 Å². The van der Waals surface area contributed by atoms with Crippen LogP contribution in [-0.2, 0) is 33.2 Å². The molecule has 0 radical (unpaired) electrons. The quantitative estimate of drug-likeness (QED) is 0.0446. The SMILES string of the molecule is COc1ccc(OCC(O)COCC(COCC(O)COCC(O)COC(=O)COc2ccc([I+]c3ccc(C)cc3)cc2)OCC2CO2)c2ccccc12. The molecule has 0 saturated carbocycles. The number of carbonyl (C=O) groups excluding carboxylic acids is 1. The Balaban J connectivity index is 0.908. The first kappa shape index (κ1) is 42.6. The van der Waals surface area contributed by atoms with E-state index in [-0.39, 0.29) is 86.8 Å². The average molecular weight is 878 g/mol. The van der Waals surface area contributed by atoms with Gasteiger partial charge in [0.1, 0.15) is 61.0 Å². The van der Waals surface area contributed by atoms with Crippen molar-refractivity contribution in [3.05, 3.63) is 97.6 Å². The second-order valence-corrected chi connectivity index (χ2v) is 16.0. The van der Waals surface area contributed by atoms with E-state index in [1.165, 1.54) is 12.7 Å². The highest BCUT2D eigenvalue weighted by Gasteiger charge is 2.25. The number of hydrogen-bond donors (Lipinski definition) is 3. The highest BCUT2D eigenvalue weighted by atomic mass is 127. The fourth-order valence-electron chi connectivity index (χ4n) is 5.13. The maximum atomic E-state index is 12.1. The summed E-state index contributed by atoms with van der Waals surface area (Å²) >= 11 is -0.302. The molecule has 55 heavy (non-hydrogen) atoms. The number of benzene rings is 4. The lowest BCUT2D eigenvalue weighted by Gasteiger charge is -2.20. The van der Waals surface area contributed by atoms with Crippen molar-refractivity contribution in [1.82, 2.24) is 0 Å². The lowest BCUT2D eigenvalue weighted by molar-refractivity contribution is -0.597. The van der Waals surface area contributed by atoms with Gasteiger partial charge < -0.3 is 58.0 Å². The van der Waals surface area contributed by atoms with Gasteiger partial charge in [0, 0.05) is 10.8 Å². The predicted molar refractivity (Wildman–Crippen MR) is 197 cm³/mol. The van der Waals surface area contributed by atoms with Gasteiger partial charge in [-0.1, -0.05) is 42.0 Å². The number of aliphatic hydroxyl groups excluding tert-OH is 3. The molecule has 13 nitrogen and oxygen atoms in total. The van der Waals surface area contributed by atoms with Gasteiger partial charge in [-0.05, 0) is 55.5 Å². The van der Waals surface area contributed by atoms with Crippen LogP contribution in [0.5, 0.6) is 17.2 Å². The number of aryl methyl sites for hydroxylation is 1. The van der Waals surface area contributed by atoms with E-state index in [1.54, 1.807) is 7.11 Å². The predicted octanol–water partition coefficient (Wildman–Crippen LogP) is 0.203. The molecule has 1 saturated heterocycles. The smallest absolute Gasteiger partial charge is 0.357 e. The molecule has 1 fully saturated rings. The normalized spacial score (nSPS) is 15.9. The highest BCUT2D eigenvalue weighted by molar-refractivity contribution is 5.93. The Morgan fingerprint density at radius 2 is 1.25 bits per heavy atom. The number of rotatable bonds is 26. The average Bonchev–Trinajstić information content (AvgIpc) is 4.03. The molecule has 3 N–H and O–H groups in total. The second kappa shape index (κ2) is 22.8. The van der Waals surface area contributed by atoms with E-state index in [9.17, 15) is 20.1 Å². The van der Waals surface area contributed by atoms with Crippen LogP contribution in [0.15, 0.2) is 84.9 Å². The van der Waals surface area contributed by atoms with Crippen molar-refractivity contribution in [2.75, 3.05) is 79.8 Å². The van der Waals surface area contributed by atoms with Crippen LogP contribution in [0.25, 0.3) is 10.8 Å². The molecule has 4 aromatic rings. The van der Waals surface area contributed by atoms with Crippen LogP contribution < -0.4 is 35.4 Å². The van der Waals surface area contributed by atoms with Crippen LogP contribution >= 0.6 is 0 Å². The van der Waals surface area contributed by atoms with Crippen LogP contribution in [-0.4, -0.2) is 132 Å². The van der Waals surface area contributed by atoms with E-state index >= 15 is 0 Å². The van der Waals surface area contributed by atoms with Gasteiger partial charge in [-0.15, -0.1) is 0 Å². The zero-order valence-electron chi connectivity index (χ0n) is 31.0. The van der Waals surface area contributed by atoms with Crippen molar-refractivity contribution in [3.63, 3.8) is 0 Å².